The molecule has 1 N–H and O–H groups in total. The number of hydrogen-bond donors (Lipinski definition) is 1. The van der Waals surface area contributed by atoms with Crippen LogP contribution in [0.25, 0.3) is 0 Å². The molecule has 9 nitrogen and oxygen atoms in total. The van der Waals surface area contributed by atoms with Gasteiger partial charge in [-0.3, -0.25) is 14.6 Å². The number of aliphatic hydroxyl groups excluding tert-OH is 1. The van der Waals surface area contributed by atoms with E-state index < -0.39 is 6.23 Å². The van der Waals surface area contributed by atoms with E-state index in [-0.39, 0.29) is 24.5 Å². The van der Waals surface area contributed by atoms with Crippen molar-refractivity contribution >= 4 is 11.8 Å². The summed E-state index contributed by atoms with van der Waals surface area (Å²) in [5.74, 6) is -0.771. The number of amides is 2. The van der Waals surface area contributed by atoms with Crippen molar-refractivity contribution < 1.29 is 24.2 Å². The first kappa shape index (κ1) is 13.9. The van der Waals surface area contributed by atoms with Gasteiger partial charge in [-0.25, -0.2) is 4.90 Å². The predicted octanol–water partition coefficient (Wildman–Crippen LogP) is -0.344. The van der Waals surface area contributed by atoms with Crippen molar-refractivity contribution in [1.82, 2.24) is 14.9 Å². The molecule has 2 aliphatic rings. The average Bonchev–Trinajstić information content (AvgIpc) is 3.18. The van der Waals surface area contributed by atoms with Gasteiger partial charge in [0.15, 0.2) is 0 Å². The zero-order chi connectivity index (χ0) is 16.1. The van der Waals surface area contributed by atoms with Crippen LogP contribution in [0.4, 0.5) is 0 Å². The van der Waals surface area contributed by atoms with Crippen LogP contribution in [0.2, 0.25) is 0 Å². The van der Waals surface area contributed by atoms with E-state index in [1.165, 1.54) is 4.96 Å². The van der Waals surface area contributed by atoms with Crippen molar-refractivity contribution in [2.45, 2.75) is 25.6 Å². The second-order valence-corrected chi connectivity index (χ2v) is 5.59. The average molecular weight is 320 g/mol. The Hall–Kier alpha value is -2.68. The molecule has 0 aliphatic carbocycles. The molecule has 1 saturated heterocycles. The maximum absolute atomic E-state index is 12.3. The van der Waals surface area contributed by atoms with E-state index in [1.54, 1.807) is 36.2 Å². The molecule has 2 atom stereocenters. The molecule has 3 heterocycles. The van der Waals surface area contributed by atoms with E-state index in [1.807, 2.05) is 0 Å². The molecule has 0 spiro atoms. The Morgan fingerprint density at radius 2 is 1.96 bits per heavy atom. The monoisotopic (exact) mass is 320 g/mol. The minimum Gasteiger partial charge on any atom is -0.394 e. The summed E-state index contributed by atoms with van der Waals surface area (Å²) < 4.78 is 5.14. The van der Waals surface area contributed by atoms with Crippen LogP contribution in [0.5, 0.6) is 0 Å². The highest BCUT2D eigenvalue weighted by atomic mass is 17.0. The van der Waals surface area contributed by atoms with Crippen molar-refractivity contribution in [2.24, 2.45) is 0 Å². The smallest absolute Gasteiger partial charge is 0.264 e. The number of hydrogen-bond acceptors (Lipinski definition) is 6. The first-order chi connectivity index (χ1) is 11.1. The number of benzene rings is 1. The Bertz CT molecular complexity index is 723. The molecule has 0 bridgehead atoms. The van der Waals surface area contributed by atoms with Crippen LogP contribution < -0.4 is 9.85 Å². The van der Waals surface area contributed by atoms with Crippen LogP contribution in [0.1, 0.15) is 34.1 Å². The molecular formula is C14H16N4O5. The molecule has 9 heteroatoms. The Kier molecular flexibility index (Phi) is 2.98. The first-order valence-corrected chi connectivity index (χ1v) is 7.41. The van der Waals surface area contributed by atoms with Gasteiger partial charge in [-0.15, -0.1) is 0 Å². The fraction of sp³-hybridized carbons (Fsp3) is 0.429. The Labute approximate surface area is 131 Å². The second kappa shape index (κ2) is 4.92. The molecule has 0 radical (unpaired) electrons. The summed E-state index contributed by atoms with van der Waals surface area (Å²) in [6.07, 6.45) is 0.0549. The summed E-state index contributed by atoms with van der Waals surface area (Å²) in [5.41, 5.74) is 0.749. The number of aliphatic hydroxyl groups is 1. The summed E-state index contributed by atoms with van der Waals surface area (Å²) in [7, 11) is 0. The van der Waals surface area contributed by atoms with Gasteiger partial charge in [0.05, 0.1) is 28.7 Å². The molecule has 1 aromatic carbocycles. The van der Waals surface area contributed by atoms with Crippen molar-refractivity contribution in [1.29, 1.82) is 0 Å². The molecule has 23 heavy (non-hydrogen) atoms. The summed E-state index contributed by atoms with van der Waals surface area (Å²) >= 11 is 0. The van der Waals surface area contributed by atoms with E-state index in [0.29, 0.717) is 11.1 Å². The van der Waals surface area contributed by atoms with E-state index in [0.717, 1.165) is 22.9 Å². The number of aromatic nitrogens is 2. The fourth-order valence-corrected chi connectivity index (χ4v) is 2.80. The van der Waals surface area contributed by atoms with Gasteiger partial charge >= 0.3 is 0 Å². The summed E-state index contributed by atoms with van der Waals surface area (Å²) in [5, 5.41) is 12.0. The maximum Gasteiger partial charge on any atom is 0.264 e. The minimum absolute atomic E-state index is 0.00166. The lowest BCUT2D eigenvalue weighted by molar-refractivity contribution is -0.0578. The molecular weight excluding hydrogens is 304 g/mol. The predicted molar refractivity (Wildman–Crippen MR) is 76.2 cm³/mol. The number of rotatable bonds is 5. The maximum atomic E-state index is 12.3. The lowest BCUT2D eigenvalue weighted by Crippen LogP contribution is -2.55. The molecule has 2 aromatic rings. The summed E-state index contributed by atoms with van der Waals surface area (Å²) in [6.45, 7) is 2.37. The second-order valence-electron chi connectivity index (χ2n) is 5.59. The van der Waals surface area contributed by atoms with Gasteiger partial charge in [-0.05, 0) is 25.5 Å². The van der Waals surface area contributed by atoms with Crippen molar-refractivity contribution in [3.05, 3.63) is 35.4 Å². The van der Waals surface area contributed by atoms with E-state index in [4.69, 9.17) is 14.6 Å². The van der Waals surface area contributed by atoms with Gasteiger partial charge in [0.25, 0.3) is 11.8 Å². The molecule has 4 rings (SSSR count). The van der Waals surface area contributed by atoms with Crippen LogP contribution in [0.3, 0.4) is 0 Å². The zero-order valence-corrected chi connectivity index (χ0v) is 12.5. The standard InChI is InChI=1S/C14H16N4O5/c1-9(22-18-17(23-18)15-7-6-10(15)8-19)16-13(20)11-4-2-3-5-12(11)14(16)21/h2-5,9-10,19H,6-8H2,1H3/t9?,10-,17?,18?/m0/s1. The lowest BCUT2D eigenvalue weighted by atomic mass is 10.1. The SMILES string of the molecule is CC(On1on1N1CC[C@H]1CO)N1C(=O)c2ccccc2C1=O. The Morgan fingerprint density at radius 1 is 1.30 bits per heavy atom. The van der Waals surface area contributed by atoms with Gasteiger partial charge in [-0.1, -0.05) is 12.1 Å². The van der Waals surface area contributed by atoms with Gasteiger partial charge < -0.3 is 9.94 Å². The third kappa shape index (κ3) is 2.04. The zero-order valence-electron chi connectivity index (χ0n) is 12.5. The summed E-state index contributed by atoms with van der Waals surface area (Å²) in [4.78, 5) is 32.6. The van der Waals surface area contributed by atoms with Gasteiger partial charge in [0.2, 0.25) is 6.23 Å². The van der Waals surface area contributed by atoms with Crippen LogP contribution in [0.15, 0.2) is 28.9 Å². The number of carbonyl (C=O) groups excluding carboxylic acids is 2. The molecule has 2 aliphatic heterocycles. The number of nitrogens with zero attached hydrogens (tertiary/aromatic N) is 4. The van der Waals surface area contributed by atoms with Gasteiger partial charge in [0, 0.05) is 6.54 Å². The first-order valence-electron chi connectivity index (χ1n) is 7.41. The quantitative estimate of drug-likeness (QED) is 0.758. The normalized spacial score (nSPS) is 21.6. The van der Waals surface area contributed by atoms with Crippen LogP contribution in [-0.4, -0.2) is 57.2 Å². The van der Waals surface area contributed by atoms with Gasteiger partial charge in [0.1, 0.15) is 5.02 Å². The Morgan fingerprint density at radius 3 is 2.48 bits per heavy atom. The molecule has 122 valence electrons. The highest BCUT2D eigenvalue weighted by Gasteiger charge is 2.41. The third-order valence-corrected chi connectivity index (χ3v) is 4.23. The van der Waals surface area contributed by atoms with Crippen molar-refractivity contribution in [3.8, 4) is 0 Å². The molecule has 1 aromatic heterocycles. The number of carbonyl (C=O) groups is 2. The van der Waals surface area contributed by atoms with Gasteiger partial charge in [-0.2, -0.15) is 4.63 Å². The fourth-order valence-electron chi connectivity index (χ4n) is 2.80. The topological polar surface area (TPSA) is 93.1 Å². The molecule has 1 fully saturated rings. The highest BCUT2D eigenvalue weighted by Crippen LogP contribution is 2.24. The summed E-state index contributed by atoms with van der Waals surface area (Å²) in [6, 6.07) is 6.67. The van der Waals surface area contributed by atoms with Crippen molar-refractivity contribution in [2.75, 3.05) is 18.2 Å². The highest BCUT2D eigenvalue weighted by molar-refractivity contribution is 6.21. The van der Waals surface area contributed by atoms with Crippen LogP contribution in [0, 0.1) is 0 Å². The largest absolute Gasteiger partial charge is 0.394 e. The van der Waals surface area contributed by atoms with Crippen molar-refractivity contribution in [3.63, 3.8) is 0 Å². The Balaban J connectivity index is 1.46. The number of fused-ring (bicyclic) bond motifs is 1. The van der Waals surface area contributed by atoms with E-state index in [9.17, 15) is 9.59 Å². The van der Waals surface area contributed by atoms with E-state index >= 15 is 0 Å². The third-order valence-electron chi connectivity index (χ3n) is 4.23. The molecule has 1 unspecified atom stereocenters. The lowest BCUT2D eigenvalue weighted by Gasteiger charge is -2.35. The van der Waals surface area contributed by atoms with Crippen LogP contribution >= 0.6 is 0 Å². The number of imide groups is 1. The minimum atomic E-state index is -0.818. The molecule has 0 saturated carbocycles. The van der Waals surface area contributed by atoms with E-state index in [2.05, 4.69) is 0 Å². The molecule has 2 amide bonds. The van der Waals surface area contributed by atoms with Crippen LogP contribution in [-0.2, 0) is 0 Å².